The van der Waals surface area contributed by atoms with E-state index in [1.165, 1.54) is 11.3 Å². The van der Waals surface area contributed by atoms with Crippen molar-refractivity contribution in [1.82, 2.24) is 20.2 Å². The molecule has 4 aromatic rings. The number of ether oxygens (including phenoxy) is 1. The maximum absolute atomic E-state index is 12.8. The van der Waals surface area contributed by atoms with Gasteiger partial charge in [0.25, 0.3) is 5.91 Å². The molecule has 8 heteroatoms. The molecule has 0 aliphatic carbocycles. The molecular formula is C29H31N5O2S. The molecule has 1 fully saturated rings. The average molecular weight is 514 g/mol. The third kappa shape index (κ3) is 4.61. The average Bonchev–Trinajstić information content (AvgIpc) is 3.19. The lowest BCUT2D eigenvalue weighted by atomic mass is 10.0. The fourth-order valence-corrected chi connectivity index (χ4v) is 6.57. The van der Waals surface area contributed by atoms with E-state index in [0.717, 1.165) is 73.8 Å². The molecule has 190 valence electrons. The first-order chi connectivity index (χ1) is 17.9. The van der Waals surface area contributed by atoms with Crippen molar-refractivity contribution in [2.24, 2.45) is 0 Å². The number of rotatable bonds is 4. The van der Waals surface area contributed by atoms with Gasteiger partial charge in [0.1, 0.15) is 4.88 Å². The highest BCUT2D eigenvalue weighted by molar-refractivity contribution is 7.21. The molecule has 1 amide bonds. The summed E-state index contributed by atoms with van der Waals surface area (Å²) in [5.41, 5.74) is 5.57. The minimum absolute atomic E-state index is 0.0169. The Kier molecular flexibility index (Phi) is 6.18. The lowest BCUT2D eigenvalue weighted by molar-refractivity contribution is -0.0707. The van der Waals surface area contributed by atoms with Crippen molar-refractivity contribution >= 4 is 50.0 Å². The van der Waals surface area contributed by atoms with Crippen LogP contribution in [-0.4, -0.2) is 58.7 Å². The molecule has 0 radical (unpaired) electrons. The number of fused-ring (bicyclic) bond motifs is 5. The third-order valence-corrected chi connectivity index (χ3v) is 8.13. The number of hydrogen-bond donors (Lipinski definition) is 2. The lowest BCUT2D eigenvalue weighted by Gasteiger charge is -2.35. The maximum Gasteiger partial charge on any atom is 0.263 e. The van der Waals surface area contributed by atoms with E-state index in [1.807, 2.05) is 19.1 Å². The van der Waals surface area contributed by atoms with E-state index in [-0.39, 0.29) is 24.2 Å². The van der Waals surface area contributed by atoms with Crippen LogP contribution in [0.1, 0.15) is 41.8 Å². The second-order valence-electron chi connectivity index (χ2n) is 10.2. The Morgan fingerprint density at radius 3 is 2.73 bits per heavy atom. The van der Waals surface area contributed by atoms with E-state index in [1.54, 1.807) is 6.08 Å². The van der Waals surface area contributed by atoms with Crippen LogP contribution in [0.3, 0.4) is 0 Å². The Balaban J connectivity index is 1.39. The van der Waals surface area contributed by atoms with Crippen molar-refractivity contribution in [1.29, 1.82) is 0 Å². The summed E-state index contributed by atoms with van der Waals surface area (Å²) in [6.07, 6.45) is 2.21. The van der Waals surface area contributed by atoms with Crippen molar-refractivity contribution in [2.45, 2.75) is 45.6 Å². The van der Waals surface area contributed by atoms with Crippen LogP contribution in [0.25, 0.3) is 38.3 Å². The predicted octanol–water partition coefficient (Wildman–Crippen LogP) is 5.31. The van der Waals surface area contributed by atoms with Crippen LogP contribution < -0.4 is 10.6 Å². The van der Waals surface area contributed by atoms with E-state index in [4.69, 9.17) is 14.7 Å². The number of aromatic nitrogens is 2. The molecule has 1 aromatic carbocycles. The molecule has 7 nitrogen and oxygen atoms in total. The predicted molar refractivity (Wildman–Crippen MR) is 151 cm³/mol. The van der Waals surface area contributed by atoms with Crippen molar-refractivity contribution in [3.63, 3.8) is 0 Å². The van der Waals surface area contributed by atoms with E-state index in [9.17, 15) is 4.79 Å². The molecule has 2 aliphatic heterocycles. The second kappa shape index (κ2) is 9.52. The monoisotopic (exact) mass is 513 g/mol. The molecule has 5 heterocycles. The number of pyridine rings is 2. The van der Waals surface area contributed by atoms with Crippen molar-refractivity contribution in [3.05, 3.63) is 59.2 Å². The summed E-state index contributed by atoms with van der Waals surface area (Å²) >= 11 is 1.53. The molecule has 0 unspecified atom stereocenters. The Morgan fingerprint density at radius 1 is 1.14 bits per heavy atom. The summed E-state index contributed by atoms with van der Waals surface area (Å²) in [6, 6.07) is 12.6. The summed E-state index contributed by atoms with van der Waals surface area (Å²) in [5.74, 6) is -0.0169. The van der Waals surface area contributed by atoms with Gasteiger partial charge in [0.15, 0.2) is 0 Å². The van der Waals surface area contributed by atoms with E-state index in [2.05, 4.69) is 60.2 Å². The molecule has 0 saturated carbocycles. The van der Waals surface area contributed by atoms with Gasteiger partial charge in [0, 0.05) is 53.3 Å². The number of carbonyl (C=O) groups excluding carboxylic acids is 1. The van der Waals surface area contributed by atoms with Gasteiger partial charge in [0.05, 0.1) is 40.5 Å². The van der Waals surface area contributed by atoms with Crippen LogP contribution in [-0.2, 0) is 11.3 Å². The summed E-state index contributed by atoms with van der Waals surface area (Å²) in [7, 11) is 0. The molecule has 6 rings (SSSR count). The van der Waals surface area contributed by atoms with E-state index < -0.39 is 0 Å². The number of morpholine rings is 1. The second-order valence-corrected chi connectivity index (χ2v) is 11.2. The molecule has 1 saturated heterocycles. The quantitative estimate of drug-likeness (QED) is 0.385. The van der Waals surface area contributed by atoms with Crippen LogP contribution in [0.4, 0.5) is 5.69 Å². The molecule has 2 aliphatic rings. The fraction of sp³-hybridized carbons (Fsp3) is 0.345. The summed E-state index contributed by atoms with van der Waals surface area (Å²) in [6.45, 7) is 13.4. The van der Waals surface area contributed by atoms with Crippen molar-refractivity contribution < 1.29 is 9.53 Å². The largest absolute Gasteiger partial charge is 0.381 e. The molecular weight excluding hydrogens is 482 g/mol. The molecule has 2 N–H and O–H groups in total. The van der Waals surface area contributed by atoms with Gasteiger partial charge in [-0.25, -0.2) is 4.98 Å². The van der Waals surface area contributed by atoms with Crippen LogP contribution in [0.2, 0.25) is 0 Å². The maximum atomic E-state index is 12.8. The Hall–Kier alpha value is -3.33. The first kappa shape index (κ1) is 24.0. The number of nitrogens with zero attached hydrogens (tertiary/aromatic N) is 3. The zero-order valence-corrected chi connectivity index (χ0v) is 22.2. The van der Waals surface area contributed by atoms with Gasteiger partial charge in [-0.3, -0.25) is 14.7 Å². The molecule has 37 heavy (non-hydrogen) atoms. The van der Waals surface area contributed by atoms with Gasteiger partial charge in [-0.05, 0) is 63.2 Å². The first-order valence-corrected chi connectivity index (χ1v) is 13.6. The summed E-state index contributed by atoms with van der Waals surface area (Å²) in [5, 5.41) is 8.67. The standard InChI is InChI=1S/C29H31N5O2S/c1-5-20-10-19(11-21(32-20)15-34-13-17(3)36-18(4)14-34)23-7-6-22-24(33-23)8-9-25-26(22)27-28(37-25)29(35)31-16(2)12-30-27/h5-11,16-18,30H,1,12-15H2,2-4H3,(H,31,35)/t16-,17-,18+/m1/s1. The number of thiophene rings is 1. The SMILES string of the molecule is C=Cc1cc(-c2ccc3c(ccc4sc5c(c43)NC[C@@H](C)NC5=O)n2)cc(CN2C[C@@H](C)O[C@@H](C)C2)n1. The van der Waals surface area contributed by atoms with E-state index in [0.29, 0.717) is 6.54 Å². The number of carbonyl (C=O) groups is 1. The van der Waals surface area contributed by atoms with E-state index >= 15 is 0 Å². The van der Waals surface area contributed by atoms with Crippen LogP contribution >= 0.6 is 11.3 Å². The van der Waals surface area contributed by atoms with Gasteiger partial charge in [-0.2, -0.15) is 0 Å². The number of hydrogen-bond acceptors (Lipinski definition) is 7. The molecule has 3 atom stereocenters. The van der Waals surface area contributed by atoms with Crippen molar-refractivity contribution in [3.8, 4) is 11.3 Å². The smallest absolute Gasteiger partial charge is 0.263 e. The highest BCUT2D eigenvalue weighted by atomic mass is 32.1. The lowest BCUT2D eigenvalue weighted by Crippen LogP contribution is -2.44. The number of amides is 1. The van der Waals surface area contributed by atoms with Gasteiger partial charge < -0.3 is 15.4 Å². The summed E-state index contributed by atoms with van der Waals surface area (Å²) in [4.78, 5) is 25.7. The normalized spacial score (nSPS) is 22.4. The molecule has 0 spiro atoms. The highest BCUT2D eigenvalue weighted by Gasteiger charge is 2.25. The van der Waals surface area contributed by atoms with Gasteiger partial charge in [0.2, 0.25) is 0 Å². The number of nitrogens with one attached hydrogen (secondary N) is 2. The van der Waals surface area contributed by atoms with Crippen LogP contribution in [0.5, 0.6) is 0 Å². The van der Waals surface area contributed by atoms with Gasteiger partial charge >= 0.3 is 0 Å². The Bertz CT molecular complexity index is 1520. The topological polar surface area (TPSA) is 79.4 Å². The molecule has 0 bridgehead atoms. The highest BCUT2D eigenvalue weighted by Crippen LogP contribution is 2.41. The fourth-order valence-electron chi connectivity index (χ4n) is 5.47. The van der Waals surface area contributed by atoms with Crippen LogP contribution in [0.15, 0.2) is 43.0 Å². The number of anilines is 1. The minimum atomic E-state index is -0.0169. The molecule has 3 aromatic heterocycles. The van der Waals surface area contributed by atoms with Gasteiger partial charge in [-0.15, -0.1) is 11.3 Å². The third-order valence-electron chi connectivity index (χ3n) is 6.97. The summed E-state index contributed by atoms with van der Waals surface area (Å²) < 4.78 is 6.98. The Morgan fingerprint density at radius 2 is 1.95 bits per heavy atom. The van der Waals surface area contributed by atoms with Crippen LogP contribution in [0, 0.1) is 0 Å². The van der Waals surface area contributed by atoms with Gasteiger partial charge in [-0.1, -0.05) is 6.58 Å². The Labute approximate surface area is 220 Å². The van der Waals surface area contributed by atoms with Crippen molar-refractivity contribution in [2.75, 3.05) is 25.0 Å². The zero-order chi connectivity index (χ0) is 25.7. The zero-order valence-electron chi connectivity index (χ0n) is 21.4. The number of benzene rings is 1. The minimum Gasteiger partial charge on any atom is -0.381 e. The first-order valence-electron chi connectivity index (χ1n) is 12.8.